The Balaban J connectivity index is 1.24. The summed E-state index contributed by atoms with van der Waals surface area (Å²) in [6.07, 6.45) is 1.06. The van der Waals surface area contributed by atoms with E-state index >= 15 is 0 Å². The molecule has 2 amide bonds. The first-order valence-corrected chi connectivity index (χ1v) is 11.3. The summed E-state index contributed by atoms with van der Waals surface area (Å²) >= 11 is 7.36. The molecule has 0 fully saturated rings. The van der Waals surface area contributed by atoms with Gasteiger partial charge in [-0.05, 0) is 29.8 Å². The van der Waals surface area contributed by atoms with Crippen molar-refractivity contribution < 1.29 is 9.59 Å². The average Bonchev–Trinajstić information content (AvgIpc) is 3.16. The number of nitrogens with one attached hydrogen (secondary N) is 2. The van der Waals surface area contributed by atoms with Crippen LogP contribution in [0, 0.1) is 0 Å². The van der Waals surface area contributed by atoms with E-state index in [0.717, 1.165) is 31.7 Å². The third-order valence-electron chi connectivity index (χ3n) is 5.05. The Labute approximate surface area is 190 Å². The van der Waals surface area contributed by atoms with Crippen LogP contribution in [0.2, 0.25) is 5.02 Å². The molecule has 0 saturated heterocycles. The number of fused-ring (bicyclic) bond motifs is 1. The number of halogens is 1. The van der Waals surface area contributed by atoms with Crippen LogP contribution in [0.4, 0.5) is 5.13 Å². The Morgan fingerprint density at radius 3 is 2.65 bits per heavy atom. The molecule has 2 aromatic carbocycles. The summed E-state index contributed by atoms with van der Waals surface area (Å²) < 4.78 is 0. The van der Waals surface area contributed by atoms with Crippen molar-refractivity contribution >= 4 is 39.9 Å². The molecule has 0 radical (unpaired) electrons. The molecule has 0 aliphatic carbocycles. The predicted octanol–water partition coefficient (Wildman–Crippen LogP) is 4.11. The molecule has 2 N–H and O–H groups in total. The molecule has 4 rings (SSSR count). The molecular formula is C23H23ClN4O2S. The molecule has 0 unspecified atom stereocenters. The highest BCUT2D eigenvalue weighted by molar-refractivity contribution is 7.15. The molecule has 0 spiro atoms. The highest BCUT2D eigenvalue weighted by atomic mass is 35.5. The number of hydrogen-bond donors (Lipinski definition) is 2. The molecule has 2 heterocycles. The molecule has 1 aliphatic rings. The van der Waals surface area contributed by atoms with Crippen LogP contribution in [0.15, 0.2) is 54.6 Å². The zero-order valence-corrected chi connectivity index (χ0v) is 18.5. The maximum Gasteiger partial charge on any atom is 0.251 e. The Morgan fingerprint density at radius 1 is 1.10 bits per heavy atom. The summed E-state index contributed by atoms with van der Waals surface area (Å²) in [5.41, 5.74) is 2.88. The van der Waals surface area contributed by atoms with Gasteiger partial charge in [0.2, 0.25) is 5.91 Å². The lowest BCUT2D eigenvalue weighted by atomic mass is 10.1. The Bertz CT molecular complexity index is 1050. The van der Waals surface area contributed by atoms with Gasteiger partial charge in [-0.2, -0.15) is 0 Å². The van der Waals surface area contributed by atoms with Crippen LogP contribution in [0.1, 0.15) is 32.9 Å². The van der Waals surface area contributed by atoms with Crippen LogP contribution < -0.4 is 10.6 Å². The van der Waals surface area contributed by atoms with Gasteiger partial charge >= 0.3 is 0 Å². The molecule has 8 heteroatoms. The van der Waals surface area contributed by atoms with Crippen LogP contribution >= 0.6 is 22.9 Å². The average molecular weight is 455 g/mol. The number of rotatable bonds is 7. The molecule has 160 valence electrons. The second kappa shape index (κ2) is 10.0. The summed E-state index contributed by atoms with van der Waals surface area (Å²) in [5.74, 6) is -0.392. The quantitative estimate of drug-likeness (QED) is 0.563. The van der Waals surface area contributed by atoms with Gasteiger partial charge in [-0.15, -0.1) is 11.3 Å². The lowest BCUT2D eigenvalue weighted by molar-refractivity contribution is -0.116. The van der Waals surface area contributed by atoms with Gasteiger partial charge in [0.05, 0.1) is 5.69 Å². The predicted molar refractivity (Wildman–Crippen MR) is 123 cm³/mol. The van der Waals surface area contributed by atoms with E-state index in [4.69, 9.17) is 11.6 Å². The number of nitrogens with zero attached hydrogens (tertiary/aromatic N) is 2. The topological polar surface area (TPSA) is 74.3 Å². The molecule has 3 aromatic rings. The van der Waals surface area contributed by atoms with E-state index in [9.17, 15) is 9.59 Å². The van der Waals surface area contributed by atoms with Crippen molar-refractivity contribution in [3.05, 3.63) is 81.3 Å². The van der Waals surface area contributed by atoms with Crippen LogP contribution in [0.25, 0.3) is 0 Å². The van der Waals surface area contributed by atoms with Crippen molar-refractivity contribution in [2.45, 2.75) is 25.9 Å². The minimum Gasteiger partial charge on any atom is -0.352 e. The van der Waals surface area contributed by atoms with E-state index in [1.165, 1.54) is 21.8 Å². The van der Waals surface area contributed by atoms with Crippen LogP contribution in [-0.4, -0.2) is 34.8 Å². The fourth-order valence-electron chi connectivity index (χ4n) is 3.45. The first-order chi connectivity index (χ1) is 15.1. The normalized spacial score (nSPS) is 13.5. The van der Waals surface area contributed by atoms with Crippen LogP contribution in [-0.2, 0) is 24.3 Å². The minimum absolute atomic E-state index is 0.163. The van der Waals surface area contributed by atoms with Gasteiger partial charge in [-0.3, -0.25) is 14.5 Å². The van der Waals surface area contributed by atoms with Gasteiger partial charge in [0, 0.05) is 54.5 Å². The van der Waals surface area contributed by atoms with E-state index < -0.39 is 0 Å². The Hall–Kier alpha value is -2.74. The molecule has 31 heavy (non-hydrogen) atoms. The number of carbonyl (C=O) groups excluding carboxylic acids is 2. The summed E-state index contributed by atoms with van der Waals surface area (Å²) in [6, 6.07) is 17.0. The van der Waals surface area contributed by atoms with Crippen molar-refractivity contribution in [3.8, 4) is 0 Å². The van der Waals surface area contributed by atoms with Crippen LogP contribution in [0.3, 0.4) is 0 Å². The summed E-state index contributed by atoms with van der Waals surface area (Å²) in [7, 11) is 0. The second-order valence-corrected chi connectivity index (χ2v) is 8.92. The number of hydrogen-bond acceptors (Lipinski definition) is 5. The van der Waals surface area contributed by atoms with E-state index in [2.05, 4.69) is 44.8 Å². The molecule has 1 aromatic heterocycles. The van der Waals surface area contributed by atoms with E-state index in [-0.39, 0.29) is 24.8 Å². The minimum atomic E-state index is -0.229. The summed E-state index contributed by atoms with van der Waals surface area (Å²) in [6.45, 7) is 2.96. The zero-order valence-electron chi connectivity index (χ0n) is 16.9. The highest BCUT2D eigenvalue weighted by Gasteiger charge is 2.21. The van der Waals surface area contributed by atoms with Gasteiger partial charge < -0.3 is 10.6 Å². The third-order valence-corrected chi connectivity index (χ3v) is 6.30. The van der Waals surface area contributed by atoms with Gasteiger partial charge in [-0.1, -0.05) is 41.9 Å². The van der Waals surface area contributed by atoms with Crippen molar-refractivity contribution in [2.75, 3.05) is 18.4 Å². The fraction of sp³-hybridized carbons (Fsp3) is 0.261. The number of thiazole rings is 1. The maximum absolute atomic E-state index is 12.3. The number of aromatic nitrogens is 1. The molecular weight excluding hydrogens is 432 g/mol. The van der Waals surface area contributed by atoms with Crippen LogP contribution in [0.5, 0.6) is 0 Å². The number of carbonyl (C=O) groups is 2. The smallest absolute Gasteiger partial charge is 0.251 e. The monoisotopic (exact) mass is 454 g/mol. The first-order valence-electron chi connectivity index (χ1n) is 10.2. The van der Waals surface area contributed by atoms with Gasteiger partial charge in [0.15, 0.2) is 5.13 Å². The first kappa shape index (κ1) is 21.5. The number of amides is 2. The molecule has 1 aliphatic heterocycles. The van der Waals surface area contributed by atoms with E-state index in [0.29, 0.717) is 15.7 Å². The summed E-state index contributed by atoms with van der Waals surface area (Å²) in [4.78, 5) is 32.5. The van der Waals surface area contributed by atoms with Crippen molar-refractivity contribution in [1.82, 2.24) is 15.2 Å². The SMILES string of the molecule is O=C(CCNC(=O)c1ccc(Cl)cc1)Nc1nc2c(s1)CN(Cc1ccccc1)CC2. The molecule has 0 bridgehead atoms. The molecule has 0 saturated carbocycles. The molecule has 0 atom stereocenters. The maximum atomic E-state index is 12.3. The fourth-order valence-corrected chi connectivity index (χ4v) is 4.65. The number of anilines is 1. The summed E-state index contributed by atoms with van der Waals surface area (Å²) in [5, 5.41) is 6.81. The Kier molecular flexibility index (Phi) is 6.96. The van der Waals surface area contributed by atoms with Crippen molar-refractivity contribution in [2.24, 2.45) is 0 Å². The lowest BCUT2D eigenvalue weighted by Crippen LogP contribution is -2.29. The Morgan fingerprint density at radius 2 is 1.87 bits per heavy atom. The zero-order chi connectivity index (χ0) is 21.6. The van der Waals surface area contributed by atoms with E-state index in [1.54, 1.807) is 24.3 Å². The van der Waals surface area contributed by atoms with Gasteiger partial charge in [-0.25, -0.2) is 4.98 Å². The standard InChI is InChI=1S/C23H23ClN4O2S/c24-18-8-6-17(7-9-18)22(30)25-12-10-21(29)27-23-26-19-11-13-28(15-20(19)31-23)14-16-4-2-1-3-5-16/h1-9H,10-15H2,(H,25,30)(H,26,27,29). The van der Waals surface area contributed by atoms with Gasteiger partial charge in [0.25, 0.3) is 5.91 Å². The highest BCUT2D eigenvalue weighted by Crippen LogP contribution is 2.29. The lowest BCUT2D eigenvalue weighted by Gasteiger charge is -2.25. The van der Waals surface area contributed by atoms with Crippen molar-refractivity contribution in [3.63, 3.8) is 0 Å². The largest absolute Gasteiger partial charge is 0.352 e. The third kappa shape index (κ3) is 5.91. The molecule has 6 nitrogen and oxygen atoms in total. The second-order valence-electron chi connectivity index (χ2n) is 7.40. The van der Waals surface area contributed by atoms with Gasteiger partial charge in [0.1, 0.15) is 0 Å². The van der Waals surface area contributed by atoms with E-state index in [1.807, 2.05) is 6.07 Å². The van der Waals surface area contributed by atoms with Crippen molar-refractivity contribution in [1.29, 1.82) is 0 Å². The number of benzene rings is 2.